The van der Waals surface area contributed by atoms with Crippen LogP contribution in [0.25, 0.3) is 0 Å². The van der Waals surface area contributed by atoms with E-state index in [2.05, 4.69) is 5.32 Å². The van der Waals surface area contributed by atoms with Crippen molar-refractivity contribution in [1.29, 1.82) is 0 Å². The van der Waals surface area contributed by atoms with E-state index in [0.29, 0.717) is 18.5 Å². The van der Waals surface area contributed by atoms with Crippen molar-refractivity contribution < 1.29 is 21.6 Å². The van der Waals surface area contributed by atoms with Crippen LogP contribution in [0.3, 0.4) is 0 Å². The van der Waals surface area contributed by atoms with Gasteiger partial charge in [0.05, 0.1) is 20.6 Å². The van der Waals surface area contributed by atoms with Gasteiger partial charge in [0.1, 0.15) is 0 Å². The SMILES string of the molecule is CS(=O)(=O)c1ccccc1C(=O)Nc1ccc(S(=O)(=O)C2CCCC2)cc1. The third-order valence-corrected chi connectivity index (χ3v) is 8.15. The number of nitrogens with one attached hydrogen (secondary N) is 1. The van der Waals surface area contributed by atoms with Gasteiger partial charge >= 0.3 is 0 Å². The summed E-state index contributed by atoms with van der Waals surface area (Å²) in [5.41, 5.74) is 0.441. The second kappa shape index (κ2) is 7.44. The average Bonchev–Trinajstić information content (AvgIpc) is 3.17. The lowest BCUT2D eigenvalue weighted by atomic mass is 10.2. The summed E-state index contributed by atoms with van der Waals surface area (Å²) < 4.78 is 48.9. The summed E-state index contributed by atoms with van der Waals surface area (Å²) in [7, 11) is -6.90. The van der Waals surface area contributed by atoms with Crippen molar-refractivity contribution in [3.63, 3.8) is 0 Å². The molecule has 1 saturated carbocycles. The molecule has 1 aliphatic rings. The van der Waals surface area contributed by atoms with Crippen molar-refractivity contribution in [2.75, 3.05) is 11.6 Å². The largest absolute Gasteiger partial charge is 0.322 e. The highest BCUT2D eigenvalue weighted by Gasteiger charge is 2.30. The van der Waals surface area contributed by atoms with Crippen LogP contribution >= 0.6 is 0 Å². The molecule has 0 heterocycles. The Morgan fingerprint density at radius 1 is 0.926 bits per heavy atom. The van der Waals surface area contributed by atoms with Crippen LogP contribution in [-0.4, -0.2) is 34.2 Å². The zero-order chi connectivity index (χ0) is 19.7. The van der Waals surface area contributed by atoms with Crippen molar-refractivity contribution >= 4 is 31.3 Å². The number of benzene rings is 2. The van der Waals surface area contributed by atoms with Crippen molar-refractivity contribution in [3.8, 4) is 0 Å². The highest BCUT2D eigenvalue weighted by molar-refractivity contribution is 7.92. The van der Waals surface area contributed by atoms with Crippen LogP contribution < -0.4 is 5.32 Å². The van der Waals surface area contributed by atoms with Gasteiger partial charge in [0.2, 0.25) is 0 Å². The van der Waals surface area contributed by atoms with E-state index in [1.54, 1.807) is 12.1 Å². The Hall–Kier alpha value is -2.19. The van der Waals surface area contributed by atoms with Gasteiger partial charge in [-0.2, -0.15) is 0 Å². The number of carbonyl (C=O) groups is 1. The summed E-state index contributed by atoms with van der Waals surface area (Å²) in [6.07, 6.45) is 4.27. The molecule has 1 N–H and O–H groups in total. The Labute approximate surface area is 159 Å². The van der Waals surface area contributed by atoms with Crippen molar-refractivity contribution in [2.24, 2.45) is 0 Å². The number of anilines is 1. The fraction of sp³-hybridized carbons (Fsp3) is 0.316. The molecule has 3 rings (SSSR count). The summed E-state index contributed by atoms with van der Waals surface area (Å²) in [6.45, 7) is 0. The first kappa shape index (κ1) is 19.6. The maximum absolute atomic E-state index is 12.6. The van der Waals surface area contributed by atoms with Crippen LogP contribution in [0.15, 0.2) is 58.3 Å². The Morgan fingerprint density at radius 2 is 1.52 bits per heavy atom. The van der Waals surface area contributed by atoms with Crippen molar-refractivity contribution in [3.05, 3.63) is 54.1 Å². The normalized spacial score (nSPS) is 15.6. The fourth-order valence-corrected chi connectivity index (χ4v) is 6.04. The molecule has 1 aliphatic carbocycles. The van der Waals surface area contributed by atoms with Crippen LogP contribution in [-0.2, 0) is 19.7 Å². The van der Waals surface area contributed by atoms with E-state index < -0.39 is 25.6 Å². The van der Waals surface area contributed by atoms with Gasteiger partial charge in [0.15, 0.2) is 19.7 Å². The maximum Gasteiger partial charge on any atom is 0.256 e. The van der Waals surface area contributed by atoms with Gasteiger partial charge in [0.25, 0.3) is 5.91 Å². The molecular formula is C19H21NO5S2. The van der Waals surface area contributed by atoms with Crippen LogP contribution in [0.2, 0.25) is 0 Å². The highest BCUT2D eigenvalue weighted by atomic mass is 32.2. The molecule has 27 heavy (non-hydrogen) atoms. The van der Waals surface area contributed by atoms with Gasteiger partial charge in [-0.3, -0.25) is 4.79 Å². The van der Waals surface area contributed by atoms with Gasteiger partial charge in [-0.05, 0) is 49.2 Å². The molecule has 0 spiro atoms. The summed E-state index contributed by atoms with van der Waals surface area (Å²) in [5.74, 6) is -0.567. The van der Waals surface area contributed by atoms with Gasteiger partial charge in [-0.25, -0.2) is 16.8 Å². The number of hydrogen-bond acceptors (Lipinski definition) is 5. The summed E-state index contributed by atoms with van der Waals surface area (Å²) in [5, 5.41) is 2.29. The predicted octanol–water partition coefficient (Wildman–Crippen LogP) is 3.06. The van der Waals surface area contributed by atoms with Gasteiger partial charge < -0.3 is 5.32 Å². The molecule has 0 unspecified atom stereocenters. The first-order chi connectivity index (χ1) is 12.7. The number of amides is 1. The summed E-state index contributed by atoms with van der Waals surface area (Å²) in [4.78, 5) is 12.7. The van der Waals surface area contributed by atoms with E-state index in [1.165, 1.54) is 36.4 Å². The molecule has 0 aromatic heterocycles. The van der Waals surface area contributed by atoms with Crippen LogP contribution in [0, 0.1) is 0 Å². The Morgan fingerprint density at radius 3 is 2.11 bits per heavy atom. The molecule has 8 heteroatoms. The molecule has 0 atom stereocenters. The van der Waals surface area contributed by atoms with Gasteiger partial charge in [-0.1, -0.05) is 25.0 Å². The van der Waals surface area contributed by atoms with Crippen LogP contribution in [0.4, 0.5) is 5.69 Å². The molecule has 0 bridgehead atoms. The molecule has 1 fully saturated rings. The number of carbonyl (C=O) groups excluding carboxylic acids is 1. The molecule has 0 aliphatic heterocycles. The molecule has 0 radical (unpaired) electrons. The minimum atomic E-state index is -3.55. The monoisotopic (exact) mass is 407 g/mol. The first-order valence-corrected chi connectivity index (χ1v) is 12.1. The Balaban J connectivity index is 1.81. The van der Waals surface area contributed by atoms with E-state index in [-0.39, 0.29) is 20.6 Å². The minimum Gasteiger partial charge on any atom is -0.322 e. The number of hydrogen-bond donors (Lipinski definition) is 1. The van der Waals surface area contributed by atoms with E-state index >= 15 is 0 Å². The van der Waals surface area contributed by atoms with E-state index in [4.69, 9.17) is 0 Å². The lowest BCUT2D eigenvalue weighted by Gasteiger charge is -2.12. The van der Waals surface area contributed by atoms with E-state index in [0.717, 1.165) is 19.1 Å². The van der Waals surface area contributed by atoms with Crippen molar-refractivity contribution in [1.82, 2.24) is 0 Å². The smallest absolute Gasteiger partial charge is 0.256 e. The topological polar surface area (TPSA) is 97.4 Å². The molecular weight excluding hydrogens is 386 g/mol. The second-order valence-corrected chi connectivity index (χ2v) is 10.9. The second-order valence-electron chi connectivity index (χ2n) is 6.70. The van der Waals surface area contributed by atoms with E-state index in [1.807, 2.05) is 0 Å². The molecule has 2 aromatic rings. The molecule has 144 valence electrons. The zero-order valence-electron chi connectivity index (χ0n) is 14.9. The summed E-state index contributed by atoms with van der Waals surface area (Å²) >= 11 is 0. The van der Waals surface area contributed by atoms with E-state index in [9.17, 15) is 21.6 Å². The molecule has 2 aromatic carbocycles. The zero-order valence-corrected chi connectivity index (χ0v) is 16.5. The maximum atomic E-state index is 12.6. The van der Waals surface area contributed by atoms with Crippen LogP contribution in [0.5, 0.6) is 0 Å². The Kier molecular flexibility index (Phi) is 5.39. The molecule has 0 saturated heterocycles. The number of rotatable bonds is 5. The third-order valence-electron chi connectivity index (χ3n) is 4.71. The Bertz CT molecular complexity index is 1050. The van der Waals surface area contributed by atoms with Crippen LogP contribution in [0.1, 0.15) is 36.0 Å². The third kappa shape index (κ3) is 4.22. The molecule has 1 amide bonds. The van der Waals surface area contributed by atoms with Gasteiger partial charge in [-0.15, -0.1) is 0 Å². The standard InChI is InChI=1S/C19H21NO5S2/c1-26(22,23)18-9-5-4-8-17(18)19(21)20-14-10-12-16(13-11-14)27(24,25)15-6-2-3-7-15/h4-5,8-13,15H,2-3,6-7H2,1H3,(H,20,21). The lowest BCUT2D eigenvalue weighted by Crippen LogP contribution is -2.18. The van der Waals surface area contributed by atoms with Crippen molar-refractivity contribution in [2.45, 2.75) is 40.7 Å². The minimum absolute atomic E-state index is 0.0441. The quantitative estimate of drug-likeness (QED) is 0.821. The lowest BCUT2D eigenvalue weighted by molar-refractivity contribution is 0.102. The first-order valence-electron chi connectivity index (χ1n) is 8.64. The fourth-order valence-electron chi connectivity index (χ4n) is 3.30. The highest BCUT2D eigenvalue weighted by Crippen LogP contribution is 2.30. The van der Waals surface area contributed by atoms with Gasteiger partial charge in [0, 0.05) is 11.9 Å². The predicted molar refractivity (Wildman–Crippen MR) is 103 cm³/mol. The average molecular weight is 408 g/mol. The number of sulfone groups is 2. The molecule has 6 nitrogen and oxygen atoms in total. The summed E-state index contributed by atoms with van der Waals surface area (Å²) in [6, 6.07) is 11.9.